The molecule has 158 valence electrons. The zero-order valence-corrected chi connectivity index (χ0v) is 17.7. The first-order valence-corrected chi connectivity index (χ1v) is 11.3. The van der Waals surface area contributed by atoms with Gasteiger partial charge in [-0.2, -0.15) is 4.31 Å². The number of carbonyl (C=O) groups is 3. The Bertz CT molecular complexity index is 871. The van der Waals surface area contributed by atoms with Crippen molar-refractivity contribution in [3.63, 3.8) is 0 Å². The minimum absolute atomic E-state index is 0.0703. The summed E-state index contributed by atoms with van der Waals surface area (Å²) in [5.41, 5.74) is 1.08. The van der Waals surface area contributed by atoms with Crippen LogP contribution in [0, 0.1) is 0 Å². The van der Waals surface area contributed by atoms with Gasteiger partial charge in [-0.3, -0.25) is 19.3 Å². The number of nitrogens with zero attached hydrogens (tertiary/aromatic N) is 3. The van der Waals surface area contributed by atoms with Crippen LogP contribution in [0.15, 0.2) is 29.2 Å². The van der Waals surface area contributed by atoms with E-state index >= 15 is 0 Å². The molecule has 0 aromatic heterocycles. The second-order valence-electron chi connectivity index (χ2n) is 7.70. The minimum Gasteiger partial charge on any atom is -0.340 e. The fourth-order valence-corrected chi connectivity index (χ4v) is 5.01. The quantitative estimate of drug-likeness (QED) is 0.643. The summed E-state index contributed by atoms with van der Waals surface area (Å²) in [6, 6.07) is 6.93. The number of rotatable bonds is 6. The van der Waals surface area contributed by atoms with Gasteiger partial charge in [-0.15, -0.1) is 0 Å². The number of imide groups is 1. The molecule has 3 rings (SSSR count). The smallest absolute Gasteiger partial charge is 0.243 e. The normalized spacial score (nSPS) is 18.7. The SMILES string of the molecule is CC(C)c1ccc(S(=O)(=O)N2CCN(C(=O)CCN3C(=O)CCC3=O)CC2)cc1. The van der Waals surface area contributed by atoms with Crippen LogP contribution in [0.4, 0.5) is 0 Å². The van der Waals surface area contributed by atoms with E-state index < -0.39 is 10.0 Å². The summed E-state index contributed by atoms with van der Waals surface area (Å²) in [4.78, 5) is 38.6. The molecule has 8 nitrogen and oxygen atoms in total. The minimum atomic E-state index is -3.60. The van der Waals surface area contributed by atoms with Gasteiger partial charge in [0.25, 0.3) is 0 Å². The van der Waals surface area contributed by atoms with Crippen molar-refractivity contribution in [1.29, 1.82) is 0 Å². The van der Waals surface area contributed by atoms with Crippen molar-refractivity contribution in [2.24, 2.45) is 0 Å². The Balaban J connectivity index is 1.54. The molecule has 0 bridgehead atoms. The van der Waals surface area contributed by atoms with E-state index in [9.17, 15) is 22.8 Å². The molecule has 1 aromatic rings. The molecule has 2 heterocycles. The molecule has 0 spiro atoms. The first-order valence-electron chi connectivity index (χ1n) is 9.91. The Morgan fingerprint density at radius 2 is 1.52 bits per heavy atom. The standard InChI is InChI=1S/C20H27N3O5S/c1-15(2)16-3-5-17(6-4-16)29(27,28)22-13-11-21(12-14-22)18(24)9-10-23-19(25)7-8-20(23)26/h3-6,15H,7-14H2,1-2H3. The molecule has 2 saturated heterocycles. The fraction of sp³-hybridized carbons (Fsp3) is 0.550. The van der Waals surface area contributed by atoms with Crippen LogP contribution in [0.1, 0.15) is 44.6 Å². The van der Waals surface area contributed by atoms with E-state index in [-0.39, 0.29) is 61.5 Å². The summed E-state index contributed by atoms with van der Waals surface area (Å²) in [6.45, 7) is 5.24. The molecule has 2 fully saturated rings. The van der Waals surface area contributed by atoms with Crippen LogP contribution in [0.5, 0.6) is 0 Å². The highest BCUT2D eigenvalue weighted by molar-refractivity contribution is 7.89. The molecule has 0 N–H and O–H groups in total. The molecule has 29 heavy (non-hydrogen) atoms. The highest BCUT2D eigenvalue weighted by Crippen LogP contribution is 2.21. The van der Waals surface area contributed by atoms with Gasteiger partial charge in [-0.25, -0.2) is 8.42 Å². The predicted molar refractivity (Wildman–Crippen MR) is 106 cm³/mol. The van der Waals surface area contributed by atoms with Gasteiger partial charge in [0.05, 0.1) is 4.90 Å². The van der Waals surface area contributed by atoms with E-state index in [1.165, 1.54) is 4.31 Å². The maximum absolute atomic E-state index is 12.9. The molecule has 0 atom stereocenters. The first kappa shape index (κ1) is 21.4. The molecular formula is C20H27N3O5S. The highest BCUT2D eigenvalue weighted by Gasteiger charge is 2.32. The van der Waals surface area contributed by atoms with Gasteiger partial charge in [-0.1, -0.05) is 26.0 Å². The summed E-state index contributed by atoms with van der Waals surface area (Å²) >= 11 is 0. The molecule has 2 aliphatic rings. The van der Waals surface area contributed by atoms with Crippen LogP contribution in [0.3, 0.4) is 0 Å². The highest BCUT2D eigenvalue weighted by atomic mass is 32.2. The second kappa shape index (κ2) is 8.62. The molecule has 9 heteroatoms. The van der Waals surface area contributed by atoms with Crippen LogP contribution in [0.25, 0.3) is 0 Å². The number of carbonyl (C=O) groups excluding carboxylic acids is 3. The Hall–Kier alpha value is -2.26. The van der Waals surface area contributed by atoms with Gasteiger partial charge in [0.15, 0.2) is 0 Å². The van der Waals surface area contributed by atoms with Crippen molar-refractivity contribution in [1.82, 2.24) is 14.1 Å². The third kappa shape index (κ3) is 4.67. The van der Waals surface area contributed by atoms with Crippen molar-refractivity contribution in [3.8, 4) is 0 Å². The third-order valence-electron chi connectivity index (χ3n) is 5.48. The Morgan fingerprint density at radius 1 is 0.966 bits per heavy atom. The lowest BCUT2D eigenvalue weighted by Gasteiger charge is -2.34. The molecule has 2 aliphatic heterocycles. The van der Waals surface area contributed by atoms with Crippen LogP contribution in [-0.2, 0) is 24.4 Å². The topological polar surface area (TPSA) is 95.1 Å². The van der Waals surface area contributed by atoms with Crippen molar-refractivity contribution < 1.29 is 22.8 Å². The average molecular weight is 422 g/mol. The molecule has 0 aliphatic carbocycles. The monoisotopic (exact) mass is 421 g/mol. The van der Waals surface area contributed by atoms with Crippen LogP contribution < -0.4 is 0 Å². The van der Waals surface area contributed by atoms with Crippen molar-refractivity contribution >= 4 is 27.7 Å². The second-order valence-corrected chi connectivity index (χ2v) is 9.64. The van der Waals surface area contributed by atoms with Crippen LogP contribution >= 0.6 is 0 Å². The largest absolute Gasteiger partial charge is 0.340 e. The number of piperazine rings is 1. The van der Waals surface area contributed by atoms with Crippen LogP contribution in [0.2, 0.25) is 0 Å². The summed E-state index contributed by atoms with van der Waals surface area (Å²) in [5, 5.41) is 0. The van der Waals surface area contributed by atoms with Gasteiger partial charge in [0.1, 0.15) is 0 Å². The maximum Gasteiger partial charge on any atom is 0.243 e. The van der Waals surface area contributed by atoms with E-state index in [1.54, 1.807) is 17.0 Å². The zero-order chi connectivity index (χ0) is 21.2. The van der Waals surface area contributed by atoms with Crippen molar-refractivity contribution in [2.75, 3.05) is 32.7 Å². The van der Waals surface area contributed by atoms with Gasteiger partial charge >= 0.3 is 0 Å². The van der Waals surface area contributed by atoms with Crippen LogP contribution in [-0.4, -0.2) is 73.0 Å². The van der Waals surface area contributed by atoms with E-state index in [0.717, 1.165) is 10.5 Å². The lowest BCUT2D eigenvalue weighted by atomic mass is 10.0. The number of hydrogen-bond acceptors (Lipinski definition) is 5. The first-order chi connectivity index (χ1) is 13.7. The lowest BCUT2D eigenvalue weighted by Crippen LogP contribution is -2.51. The number of likely N-dealkylation sites (tertiary alicyclic amines) is 1. The van der Waals surface area contributed by atoms with Crippen molar-refractivity contribution in [3.05, 3.63) is 29.8 Å². The average Bonchev–Trinajstić information content (AvgIpc) is 3.03. The van der Waals surface area contributed by atoms with E-state index in [0.29, 0.717) is 19.0 Å². The van der Waals surface area contributed by atoms with E-state index in [1.807, 2.05) is 12.1 Å². The van der Waals surface area contributed by atoms with E-state index in [2.05, 4.69) is 13.8 Å². The lowest BCUT2D eigenvalue weighted by molar-refractivity contribution is -0.139. The third-order valence-corrected chi connectivity index (χ3v) is 7.39. The number of hydrogen-bond donors (Lipinski definition) is 0. The van der Waals surface area contributed by atoms with Gasteiger partial charge in [0.2, 0.25) is 27.7 Å². The zero-order valence-electron chi connectivity index (χ0n) is 16.8. The van der Waals surface area contributed by atoms with Crippen molar-refractivity contribution in [2.45, 2.75) is 43.9 Å². The summed E-state index contributed by atoms with van der Waals surface area (Å²) in [6.07, 6.45) is 0.490. The van der Waals surface area contributed by atoms with E-state index in [4.69, 9.17) is 0 Å². The Morgan fingerprint density at radius 3 is 2.03 bits per heavy atom. The molecule has 0 saturated carbocycles. The molecule has 0 radical (unpaired) electrons. The summed E-state index contributed by atoms with van der Waals surface area (Å²) < 4.78 is 27.1. The molecular weight excluding hydrogens is 394 g/mol. The maximum atomic E-state index is 12.9. The number of benzene rings is 1. The summed E-state index contributed by atoms with van der Waals surface area (Å²) in [7, 11) is -3.60. The predicted octanol–water partition coefficient (Wildman–Crippen LogP) is 1.18. The fourth-order valence-electron chi connectivity index (χ4n) is 3.59. The van der Waals surface area contributed by atoms with Gasteiger partial charge in [0, 0.05) is 52.0 Å². The number of amides is 3. The summed E-state index contributed by atoms with van der Waals surface area (Å²) in [5.74, 6) is -0.312. The molecule has 0 unspecified atom stereocenters. The van der Waals surface area contributed by atoms with Gasteiger partial charge in [-0.05, 0) is 23.6 Å². The molecule has 3 amide bonds. The Kier molecular flexibility index (Phi) is 6.38. The van der Waals surface area contributed by atoms with Gasteiger partial charge < -0.3 is 4.90 Å². The number of sulfonamides is 1. The molecule has 1 aromatic carbocycles. The Labute approximate surface area is 171 Å².